The SMILES string of the molecule is O=C(CN1C(=O)c2ccncc2C1=O)Nc1ccc2c(c1)OCCO2. The van der Waals surface area contributed by atoms with E-state index in [9.17, 15) is 14.4 Å². The number of ether oxygens (including phenoxy) is 2. The molecule has 0 unspecified atom stereocenters. The Bertz CT molecular complexity index is 861. The second-order valence-electron chi connectivity index (χ2n) is 5.52. The van der Waals surface area contributed by atoms with Crippen molar-refractivity contribution >= 4 is 23.4 Å². The van der Waals surface area contributed by atoms with Crippen molar-refractivity contribution in [1.82, 2.24) is 9.88 Å². The summed E-state index contributed by atoms with van der Waals surface area (Å²) in [7, 11) is 0. The Hall–Kier alpha value is -3.42. The van der Waals surface area contributed by atoms with E-state index >= 15 is 0 Å². The number of aromatic nitrogens is 1. The first-order valence-corrected chi connectivity index (χ1v) is 7.63. The van der Waals surface area contributed by atoms with Gasteiger partial charge in [0, 0.05) is 24.1 Å². The lowest BCUT2D eigenvalue weighted by Crippen LogP contribution is -2.37. The molecule has 0 aliphatic carbocycles. The Labute approximate surface area is 142 Å². The monoisotopic (exact) mass is 339 g/mol. The molecule has 2 aliphatic rings. The predicted octanol–water partition coefficient (Wildman–Crippen LogP) is 1.09. The lowest BCUT2D eigenvalue weighted by molar-refractivity contribution is -0.116. The molecule has 3 amide bonds. The maximum absolute atomic E-state index is 12.2. The normalized spacial score (nSPS) is 15.1. The fraction of sp³-hybridized carbons (Fsp3) is 0.176. The van der Waals surface area contributed by atoms with Gasteiger partial charge in [-0.1, -0.05) is 0 Å². The minimum absolute atomic E-state index is 0.208. The molecule has 1 aromatic heterocycles. The minimum atomic E-state index is -0.523. The molecule has 0 atom stereocenters. The van der Waals surface area contributed by atoms with Crippen LogP contribution >= 0.6 is 0 Å². The van der Waals surface area contributed by atoms with E-state index in [2.05, 4.69) is 10.3 Å². The number of benzene rings is 1. The lowest BCUT2D eigenvalue weighted by Gasteiger charge is -2.19. The lowest BCUT2D eigenvalue weighted by atomic mass is 10.2. The molecule has 25 heavy (non-hydrogen) atoms. The highest BCUT2D eigenvalue weighted by molar-refractivity contribution is 6.22. The second kappa shape index (κ2) is 5.90. The van der Waals surface area contributed by atoms with Crippen LogP contribution < -0.4 is 14.8 Å². The number of imide groups is 1. The molecule has 1 aromatic carbocycles. The van der Waals surface area contributed by atoms with Gasteiger partial charge in [-0.2, -0.15) is 0 Å². The average molecular weight is 339 g/mol. The number of rotatable bonds is 3. The zero-order valence-corrected chi connectivity index (χ0v) is 13.0. The van der Waals surface area contributed by atoms with Crippen LogP contribution in [0.25, 0.3) is 0 Å². The van der Waals surface area contributed by atoms with Crippen LogP contribution in [-0.2, 0) is 4.79 Å². The molecule has 3 heterocycles. The zero-order chi connectivity index (χ0) is 17.4. The number of hydrogen-bond acceptors (Lipinski definition) is 6. The van der Waals surface area contributed by atoms with E-state index in [0.717, 1.165) is 4.90 Å². The van der Waals surface area contributed by atoms with Gasteiger partial charge in [0.05, 0.1) is 11.1 Å². The van der Waals surface area contributed by atoms with Crippen LogP contribution in [0, 0.1) is 0 Å². The van der Waals surface area contributed by atoms with Crippen molar-refractivity contribution in [3.05, 3.63) is 47.8 Å². The third kappa shape index (κ3) is 2.67. The molecule has 1 N–H and O–H groups in total. The van der Waals surface area contributed by atoms with Crippen LogP contribution in [-0.4, -0.2) is 47.4 Å². The highest BCUT2D eigenvalue weighted by atomic mass is 16.6. The Kier molecular flexibility index (Phi) is 3.57. The summed E-state index contributed by atoms with van der Waals surface area (Å²) in [5.41, 5.74) is 0.958. The third-order valence-electron chi connectivity index (χ3n) is 3.90. The van der Waals surface area contributed by atoms with Gasteiger partial charge in [0.15, 0.2) is 11.5 Å². The maximum Gasteiger partial charge on any atom is 0.263 e. The van der Waals surface area contributed by atoms with Crippen LogP contribution in [0.2, 0.25) is 0 Å². The zero-order valence-electron chi connectivity index (χ0n) is 13.0. The van der Waals surface area contributed by atoms with E-state index in [4.69, 9.17) is 9.47 Å². The van der Waals surface area contributed by atoms with Crippen LogP contribution in [0.4, 0.5) is 5.69 Å². The number of nitrogens with zero attached hydrogens (tertiary/aromatic N) is 2. The first-order chi connectivity index (χ1) is 12.1. The summed E-state index contributed by atoms with van der Waals surface area (Å²) in [6.07, 6.45) is 2.76. The van der Waals surface area contributed by atoms with Crippen LogP contribution in [0.15, 0.2) is 36.7 Å². The smallest absolute Gasteiger partial charge is 0.263 e. The molecule has 0 saturated heterocycles. The van der Waals surface area contributed by atoms with E-state index in [1.165, 1.54) is 18.5 Å². The summed E-state index contributed by atoms with van der Waals surface area (Å²) in [6.45, 7) is 0.543. The van der Waals surface area contributed by atoms with Gasteiger partial charge < -0.3 is 14.8 Å². The van der Waals surface area contributed by atoms with Crippen molar-refractivity contribution in [3.63, 3.8) is 0 Å². The van der Waals surface area contributed by atoms with E-state index in [1.807, 2.05) is 0 Å². The Morgan fingerprint density at radius 3 is 2.64 bits per heavy atom. The minimum Gasteiger partial charge on any atom is -0.486 e. The molecular weight excluding hydrogens is 326 g/mol. The number of nitrogens with one attached hydrogen (secondary N) is 1. The topological polar surface area (TPSA) is 97.8 Å². The summed E-state index contributed by atoms with van der Waals surface area (Å²) >= 11 is 0. The van der Waals surface area contributed by atoms with Crippen LogP contribution in [0.5, 0.6) is 11.5 Å². The molecule has 4 rings (SSSR count). The van der Waals surface area contributed by atoms with Gasteiger partial charge in [0.25, 0.3) is 11.8 Å². The van der Waals surface area contributed by atoms with Gasteiger partial charge in [-0.15, -0.1) is 0 Å². The fourth-order valence-electron chi connectivity index (χ4n) is 2.74. The van der Waals surface area contributed by atoms with Gasteiger partial charge >= 0.3 is 0 Å². The van der Waals surface area contributed by atoms with Crippen molar-refractivity contribution in [2.24, 2.45) is 0 Å². The van der Waals surface area contributed by atoms with Gasteiger partial charge in [0.1, 0.15) is 19.8 Å². The molecule has 8 heteroatoms. The van der Waals surface area contributed by atoms with Crippen LogP contribution in [0.3, 0.4) is 0 Å². The Balaban J connectivity index is 1.46. The molecule has 0 bridgehead atoms. The number of hydrogen-bond donors (Lipinski definition) is 1. The maximum atomic E-state index is 12.2. The number of amides is 3. The van der Waals surface area contributed by atoms with E-state index in [-0.39, 0.29) is 17.7 Å². The molecule has 126 valence electrons. The largest absolute Gasteiger partial charge is 0.486 e. The number of carbonyl (C=O) groups excluding carboxylic acids is 3. The summed E-state index contributed by atoms with van der Waals surface area (Å²) in [5, 5.41) is 2.65. The average Bonchev–Trinajstić information content (AvgIpc) is 2.87. The Morgan fingerprint density at radius 1 is 1.08 bits per heavy atom. The standard InChI is InChI=1S/C17H13N3O5/c21-15(19-10-1-2-13-14(7-10)25-6-5-24-13)9-20-16(22)11-3-4-18-8-12(11)17(20)23/h1-4,7-8H,5-6,9H2,(H,19,21). The van der Waals surface area contributed by atoms with Crippen molar-refractivity contribution < 1.29 is 23.9 Å². The van der Waals surface area contributed by atoms with Crippen molar-refractivity contribution in [3.8, 4) is 11.5 Å². The van der Waals surface area contributed by atoms with Crippen molar-refractivity contribution in [2.75, 3.05) is 25.1 Å². The predicted molar refractivity (Wildman–Crippen MR) is 85.7 cm³/mol. The van der Waals surface area contributed by atoms with Crippen molar-refractivity contribution in [1.29, 1.82) is 0 Å². The number of fused-ring (bicyclic) bond motifs is 2. The van der Waals surface area contributed by atoms with E-state index in [0.29, 0.717) is 30.4 Å². The number of pyridine rings is 1. The number of carbonyl (C=O) groups is 3. The molecule has 0 spiro atoms. The summed E-state index contributed by atoms with van der Waals surface area (Å²) < 4.78 is 10.9. The summed E-state index contributed by atoms with van der Waals surface area (Å²) in [4.78, 5) is 41.5. The second-order valence-corrected chi connectivity index (χ2v) is 5.52. The summed E-state index contributed by atoms with van der Waals surface area (Å²) in [6, 6.07) is 6.46. The molecule has 0 fully saturated rings. The highest BCUT2D eigenvalue weighted by Crippen LogP contribution is 2.32. The quantitative estimate of drug-likeness (QED) is 0.841. The molecule has 0 saturated carbocycles. The van der Waals surface area contributed by atoms with Crippen LogP contribution in [0.1, 0.15) is 20.7 Å². The Morgan fingerprint density at radius 2 is 1.84 bits per heavy atom. The first-order valence-electron chi connectivity index (χ1n) is 7.63. The van der Waals surface area contributed by atoms with Crippen molar-refractivity contribution in [2.45, 2.75) is 0 Å². The van der Waals surface area contributed by atoms with Gasteiger partial charge in [-0.3, -0.25) is 24.3 Å². The van der Waals surface area contributed by atoms with E-state index in [1.54, 1.807) is 18.2 Å². The third-order valence-corrected chi connectivity index (χ3v) is 3.90. The van der Waals surface area contributed by atoms with Gasteiger partial charge in [-0.25, -0.2) is 0 Å². The summed E-state index contributed by atoms with van der Waals surface area (Å²) in [5.74, 6) is -0.364. The highest BCUT2D eigenvalue weighted by Gasteiger charge is 2.36. The number of anilines is 1. The fourth-order valence-corrected chi connectivity index (χ4v) is 2.74. The van der Waals surface area contributed by atoms with E-state index < -0.39 is 17.7 Å². The molecule has 2 aliphatic heterocycles. The molecule has 0 radical (unpaired) electrons. The molecule has 2 aromatic rings. The molecule has 8 nitrogen and oxygen atoms in total. The first kappa shape index (κ1) is 15.1. The van der Waals surface area contributed by atoms with Gasteiger partial charge in [-0.05, 0) is 18.2 Å². The molecular formula is C17H13N3O5. The van der Waals surface area contributed by atoms with Gasteiger partial charge in [0.2, 0.25) is 5.91 Å².